The fraction of sp³-hybridized carbons (Fsp3) is 0.438. The van der Waals surface area contributed by atoms with E-state index in [0.29, 0.717) is 28.4 Å². The Balaban J connectivity index is 1.80. The van der Waals surface area contributed by atoms with Gasteiger partial charge in [0.1, 0.15) is 11.6 Å². The van der Waals surface area contributed by atoms with Crippen LogP contribution in [0.5, 0.6) is 0 Å². The van der Waals surface area contributed by atoms with E-state index in [1.807, 2.05) is 32.9 Å². The molecule has 0 bridgehead atoms. The summed E-state index contributed by atoms with van der Waals surface area (Å²) in [4.78, 5) is 18.4. The van der Waals surface area contributed by atoms with Gasteiger partial charge in [-0.05, 0) is 32.9 Å². The van der Waals surface area contributed by atoms with Gasteiger partial charge in [0, 0.05) is 16.3 Å². The Morgan fingerprint density at radius 3 is 2.96 bits per heavy atom. The highest BCUT2D eigenvalue weighted by Crippen LogP contribution is 2.34. The van der Waals surface area contributed by atoms with Crippen LogP contribution in [0.2, 0.25) is 5.02 Å². The molecule has 1 atom stereocenters. The van der Waals surface area contributed by atoms with Gasteiger partial charge in [-0.15, -0.1) is 11.8 Å². The molecule has 3 rings (SSSR count). The molecule has 1 aliphatic rings. The molecule has 8 heteroatoms. The Morgan fingerprint density at radius 2 is 2.25 bits per heavy atom. The van der Waals surface area contributed by atoms with E-state index in [4.69, 9.17) is 20.9 Å². The average Bonchev–Trinajstić information content (AvgIpc) is 3.14. The van der Waals surface area contributed by atoms with E-state index in [2.05, 4.69) is 10.1 Å². The van der Waals surface area contributed by atoms with Gasteiger partial charge in [-0.3, -0.25) is 4.90 Å². The lowest BCUT2D eigenvalue weighted by Gasteiger charge is -2.26. The topological polar surface area (TPSA) is 68.5 Å². The zero-order valence-electron chi connectivity index (χ0n) is 13.7. The number of carbonyl (C=O) groups is 1. The van der Waals surface area contributed by atoms with Crippen LogP contribution in [0.3, 0.4) is 0 Å². The summed E-state index contributed by atoms with van der Waals surface area (Å²) in [7, 11) is 0. The Hall–Kier alpha value is -1.73. The van der Waals surface area contributed by atoms with Crippen molar-refractivity contribution in [2.75, 3.05) is 11.6 Å². The first-order valence-corrected chi connectivity index (χ1v) is 9.04. The van der Waals surface area contributed by atoms with Crippen LogP contribution >= 0.6 is 23.4 Å². The van der Waals surface area contributed by atoms with Gasteiger partial charge in [0.15, 0.2) is 0 Å². The molecule has 1 fully saturated rings. The minimum atomic E-state index is -0.546. The summed E-state index contributed by atoms with van der Waals surface area (Å²) in [5.41, 5.74) is 0.224. The second-order valence-corrected chi connectivity index (χ2v) is 7.87. The SMILES string of the molecule is CC(C)(C)OC(=O)N1CSCC1c1nc(-c2cccc(Cl)c2)no1. The van der Waals surface area contributed by atoms with Crippen LogP contribution in [0, 0.1) is 0 Å². The predicted octanol–water partition coefficient (Wildman–Crippen LogP) is 4.37. The molecule has 6 nitrogen and oxygen atoms in total. The third-order valence-electron chi connectivity index (χ3n) is 3.32. The standard InChI is InChI=1S/C16H18ClN3O3S/c1-16(2,3)22-15(21)20-9-24-8-12(20)14-18-13(19-23-14)10-5-4-6-11(17)7-10/h4-7,12H,8-9H2,1-3H3. The van der Waals surface area contributed by atoms with Crippen LogP contribution in [-0.4, -0.2) is 38.4 Å². The Bertz CT molecular complexity index is 744. The van der Waals surface area contributed by atoms with Crippen LogP contribution in [0.25, 0.3) is 11.4 Å². The van der Waals surface area contributed by atoms with Gasteiger partial charge in [-0.1, -0.05) is 28.9 Å². The highest BCUT2D eigenvalue weighted by Gasteiger charge is 2.37. The monoisotopic (exact) mass is 367 g/mol. The largest absolute Gasteiger partial charge is 0.444 e. The number of hydrogen-bond acceptors (Lipinski definition) is 6. The number of aromatic nitrogens is 2. The molecule has 2 heterocycles. The smallest absolute Gasteiger partial charge is 0.411 e. The number of rotatable bonds is 2. The lowest BCUT2D eigenvalue weighted by atomic mass is 10.2. The zero-order chi connectivity index (χ0) is 17.3. The lowest BCUT2D eigenvalue weighted by Crippen LogP contribution is -2.36. The van der Waals surface area contributed by atoms with E-state index in [-0.39, 0.29) is 12.1 Å². The number of ether oxygens (including phenoxy) is 1. The van der Waals surface area contributed by atoms with Crippen molar-refractivity contribution < 1.29 is 14.1 Å². The number of amides is 1. The number of benzene rings is 1. The summed E-state index contributed by atoms with van der Waals surface area (Å²) in [6.07, 6.45) is -0.375. The first-order chi connectivity index (χ1) is 11.3. The second-order valence-electron chi connectivity index (χ2n) is 6.43. The lowest BCUT2D eigenvalue weighted by molar-refractivity contribution is 0.0214. The van der Waals surface area contributed by atoms with Gasteiger partial charge in [0.05, 0.1) is 5.88 Å². The number of carbonyl (C=O) groups excluding carboxylic acids is 1. The van der Waals surface area contributed by atoms with Crippen LogP contribution < -0.4 is 0 Å². The van der Waals surface area contributed by atoms with Crippen LogP contribution in [0.4, 0.5) is 4.79 Å². The van der Waals surface area contributed by atoms with E-state index in [0.717, 1.165) is 5.56 Å². The third-order valence-corrected chi connectivity index (χ3v) is 4.57. The van der Waals surface area contributed by atoms with E-state index in [1.54, 1.807) is 28.8 Å². The molecule has 24 heavy (non-hydrogen) atoms. The molecule has 0 saturated carbocycles. The van der Waals surface area contributed by atoms with E-state index in [9.17, 15) is 4.79 Å². The van der Waals surface area contributed by atoms with Crippen molar-refractivity contribution in [3.8, 4) is 11.4 Å². The van der Waals surface area contributed by atoms with Crippen molar-refractivity contribution in [3.63, 3.8) is 0 Å². The first-order valence-electron chi connectivity index (χ1n) is 7.50. The van der Waals surface area contributed by atoms with Crippen molar-refractivity contribution in [1.82, 2.24) is 15.0 Å². The fourth-order valence-corrected chi connectivity index (χ4v) is 3.59. The number of thioether (sulfide) groups is 1. The molecule has 1 unspecified atom stereocenters. The Labute approximate surface area is 149 Å². The van der Waals surface area contributed by atoms with Crippen molar-refractivity contribution in [1.29, 1.82) is 0 Å². The molecule has 1 aromatic carbocycles. The Morgan fingerprint density at radius 1 is 1.46 bits per heavy atom. The van der Waals surface area contributed by atoms with Gasteiger partial charge in [-0.2, -0.15) is 4.98 Å². The highest BCUT2D eigenvalue weighted by atomic mass is 35.5. The van der Waals surface area contributed by atoms with Crippen LogP contribution in [-0.2, 0) is 4.74 Å². The van der Waals surface area contributed by atoms with Gasteiger partial charge in [0.25, 0.3) is 5.89 Å². The molecule has 1 amide bonds. The summed E-state index contributed by atoms with van der Waals surface area (Å²) in [5, 5.41) is 4.61. The minimum absolute atomic E-state index is 0.287. The second kappa shape index (κ2) is 6.64. The van der Waals surface area contributed by atoms with Gasteiger partial charge < -0.3 is 9.26 Å². The van der Waals surface area contributed by atoms with Crippen molar-refractivity contribution in [2.45, 2.75) is 32.4 Å². The highest BCUT2D eigenvalue weighted by molar-refractivity contribution is 7.99. The Kier molecular flexibility index (Phi) is 4.73. The maximum atomic E-state index is 12.3. The van der Waals surface area contributed by atoms with Gasteiger partial charge >= 0.3 is 6.09 Å². The number of halogens is 1. The third kappa shape index (κ3) is 3.84. The summed E-state index contributed by atoms with van der Waals surface area (Å²) in [5.74, 6) is 2.08. The minimum Gasteiger partial charge on any atom is -0.444 e. The number of hydrogen-bond donors (Lipinski definition) is 0. The van der Waals surface area contributed by atoms with E-state index in [1.165, 1.54) is 0 Å². The molecule has 1 aliphatic heterocycles. The van der Waals surface area contributed by atoms with E-state index < -0.39 is 5.60 Å². The molecule has 1 saturated heterocycles. The molecule has 0 aliphatic carbocycles. The summed E-state index contributed by atoms with van der Waals surface area (Å²) in [6, 6.07) is 6.95. The molecule has 0 N–H and O–H groups in total. The molecular formula is C16H18ClN3O3S. The maximum Gasteiger partial charge on any atom is 0.411 e. The predicted molar refractivity (Wildman–Crippen MR) is 92.9 cm³/mol. The maximum absolute atomic E-state index is 12.3. The molecule has 2 aromatic rings. The van der Waals surface area contributed by atoms with E-state index >= 15 is 0 Å². The fourth-order valence-electron chi connectivity index (χ4n) is 2.26. The summed E-state index contributed by atoms with van der Waals surface area (Å²) >= 11 is 7.62. The molecule has 128 valence electrons. The normalized spacial score (nSPS) is 18.0. The quantitative estimate of drug-likeness (QED) is 0.784. The molecule has 0 radical (unpaired) electrons. The van der Waals surface area contributed by atoms with Crippen molar-refractivity contribution in [3.05, 3.63) is 35.2 Å². The molecule has 0 spiro atoms. The van der Waals surface area contributed by atoms with Crippen molar-refractivity contribution >= 4 is 29.5 Å². The van der Waals surface area contributed by atoms with Crippen molar-refractivity contribution in [2.24, 2.45) is 0 Å². The van der Waals surface area contributed by atoms with Gasteiger partial charge in [0.2, 0.25) is 5.82 Å². The average molecular weight is 368 g/mol. The zero-order valence-corrected chi connectivity index (χ0v) is 15.2. The first kappa shape index (κ1) is 17.1. The van der Waals surface area contributed by atoms with Crippen LogP contribution in [0.1, 0.15) is 32.7 Å². The summed E-state index contributed by atoms with van der Waals surface area (Å²) in [6.45, 7) is 5.52. The van der Waals surface area contributed by atoms with Crippen LogP contribution in [0.15, 0.2) is 28.8 Å². The summed E-state index contributed by atoms with van der Waals surface area (Å²) < 4.78 is 10.8. The number of nitrogens with zero attached hydrogens (tertiary/aromatic N) is 3. The molecule has 1 aromatic heterocycles. The van der Waals surface area contributed by atoms with Gasteiger partial charge in [-0.25, -0.2) is 4.79 Å². The molecular weight excluding hydrogens is 350 g/mol.